The lowest BCUT2D eigenvalue weighted by Crippen LogP contribution is -2.43. The second kappa shape index (κ2) is 7.19. The van der Waals surface area contributed by atoms with Gasteiger partial charge in [-0.2, -0.15) is 0 Å². The Kier molecular flexibility index (Phi) is 4.73. The molecule has 0 aliphatic carbocycles. The second-order valence-corrected chi connectivity index (χ2v) is 7.34. The van der Waals surface area contributed by atoms with Crippen molar-refractivity contribution in [2.75, 3.05) is 44.7 Å². The van der Waals surface area contributed by atoms with Gasteiger partial charge >= 0.3 is 6.03 Å². The number of fused-ring (bicyclic) bond motifs is 1. The maximum Gasteiger partial charge on any atom is 0.314 e. The molecule has 4 amide bonds. The number of rotatable bonds is 2. The fourth-order valence-electron chi connectivity index (χ4n) is 4.29. The molecular weight excluding hydrogens is 348 g/mol. The molecule has 3 N–H and O–H groups in total. The number of hydrogen-bond donors (Lipinski definition) is 2. The summed E-state index contributed by atoms with van der Waals surface area (Å²) in [6.45, 7) is 3.40. The molecule has 8 nitrogen and oxygen atoms in total. The Balaban J connectivity index is 1.54. The number of anilines is 1. The Labute approximate surface area is 157 Å². The van der Waals surface area contributed by atoms with Gasteiger partial charge in [0.25, 0.3) is 5.91 Å². The fraction of sp³-hybridized carbons (Fsp3) is 0.526. The lowest BCUT2D eigenvalue weighted by Gasteiger charge is -2.33. The number of ether oxygens (including phenoxy) is 1. The number of urea groups is 1. The van der Waals surface area contributed by atoms with E-state index in [9.17, 15) is 14.4 Å². The molecule has 3 aliphatic heterocycles. The number of nitrogens with zero attached hydrogens (tertiary/aromatic N) is 2. The summed E-state index contributed by atoms with van der Waals surface area (Å²) < 4.78 is 5.31. The van der Waals surface area contributed by atoms with Crippen molar-refractivity contribution < 1.29 is 19.1 Å². The molecule has 4 rings (SSSR count). The van der Waals surface area contributed by atoms with Crippen LogP contribution in [0.5, 0.6) is 0 Å². The lowest BCUT2D eigenvalue weighted by molar-refractivity contribution is -0.118. The van der Waals surface area contributed by atoms with Crippen LogP contribution < -0.4 is 11.1 Å². The summed E-state index contributed by atoms with van der Waals surface area (Å²) in [6, 6.07) is 5.04. The van der Waals surface area contributed by atoms with Gasteiger partial charge in [0, 0.05) is 37.4 Å². The molecule has 0 unspecified atom stereocenters. The third-order valence-corrected chi connectivity index (χ3v) is 5.79. The molecule has 1 atom stereocenters. The van der Waals surface area contributed by atoms with Gasteiger partial charge in [-0.3, -0.25) is 9.59 Å². The molecular formula is C19H24N4O4. The highest BCUT2D eigenvalue weighted by molar-refractivity contribution is 6.04. The van der Waals surface area contributed by atoms with Gasteiger partial charge in [0.05, 0.1) is 19.1 Å². The average molecular weight is 372 g/mol. The highest BCUT2D eigenvalue weighted by Crippen LogP contribution is 2.41. The maximum atomic E-state index is 12.8. The summed E-state index contributed by atoms with van der Waals surface area (Å²) >= 11 is 0. The summed E-state index contributed by atoms with van der Waals surface area (Å²) in [5.74, 6) is -0.204. The number of primary amides is 1. The first-order valence-corrected chi connectivity index (χ1v) is 9.41. The highest BCUT2D eigenvalue weighted by atomic mass is 16.5. The zero-order chi connectivity index (χ0) is 19.0. The summed E-state index contributed by atoms with van der Waals surface area (Å²) in [4.78, 5) is 40.1. The van der Waals surface area contributed by atoms with Crippen LogP contribution in [0.1, 0.15) is 34.7 Å². The Morgan fingerprint density at radius 2 is 1.78 bits per heavy atom. The normalized spacial score (nSPS) is 23.1. The third-order valence-electron chi connectivity index (χ3n) is 5.79. The summed E-state index contributed by atoms with van der Waals surface area (Å²) in [5, 5.41) is 2.94. The second-order valence-electron chi connectivity index (χ2n) is 7.34. The first kappa shape index (κ1) is 17.8. The fourth-order valence-corrected chi connectivity index (χ4v) is 4.29. The number of morpholine rings is 1. The molecule has 2 fully saturated rings. The van der Waals surface area contributed by atoms with Crippen molar-refractivity contribution in [3.8, 4) is 0 Å². The first-order valence-electron chi connectivity index (χ1n) is 9.41. The molecule has 1 aromatic rings. The van der Waals surface area contributed by atoms with E-state index >= 15 is 0 Å². The minimum absolute atomic E-state index is 0.0252. The van der Waals surface area contributed by atoms with E-state index < -0.39 is 6.03 Å². The molecule has 0 saturated carbocycles. The Bertz CT molecular complexity index is 767. The van der Waals surface area contributed by atoms with Gasteiger partial charge in [-0.25, -0.2) is 4.79 Å². The summed E-state index contributed by atoms with van der Waals surface area (Å²) in [5.41, 5.74) is 7.62. The van der Waals surface area contributed by atoms with E-state index in [1.807, 2.05) is 12.1 Å². The van der Waals surface area contributed by atoms with Gasteiger partial charge in [-0.15, -0.1) is 0 Å². The number of benzene rings is 1. The number of hydrogen-bond acceptors (Lipinski definition) is 4. The van der Waals surface area contributed by atoms with E-state index in [1.54, 1.807) is 15.9 Å². The van der Waals surface area contributed by atoms with E-state index in [1.165, 1.54) is 0 Å². The third kappa shape index (κ3) is 3.37. The predicted octanol–water partition coefficient (Wildman–Crippen LogP) is 0.985. The number of carbonyl (C=O) groups excluding carboxylic acids is 3. The minimum Gasteiger partial charge on any atom is -0.378 e. The zero-order valence-corrected chi connectivity index (χ0v) is 15.1. The van der Waals surface area contributed by atoms with Crippen LogP contribution in [-0.2, 0) is 9.53 Å². The Hall–Kier alpha value is -2.61. The van der Waals surface area contributed by atoms with E-state index in [4.69, 9.17) is 10.5 Å². The highest BCUT2D eigenvalue weighted by Gasteiger charge is 2.39. The number of carbonyl (C=O) groups is 3. The van der Waals surface area contributed by atoms with Crippen molar-refractivity contribution in [1.82, 2.24) is 9.80 Å². The SMILES string of the molecule is NC(=O)N1CCC([C@@H]2C(=O)Nc3ccc(C(=O)N4CCOCC4)cc32)CC1. The smallest absolute Gasteiger partial charge is 0.314 e. The molecule has 1 aromatic carbocycles. The van der Waals surface area contributed by atoms with Crippen molar-refractivity contribution >= 4 is 23.5 Å². The van der Waals surface area contributed by atoms with Gasteiger partial charge in [-0.05, 0) is 42.5 Å². The van der Waals surface area contributed by atoms with E-state index in [2.05, 4.69) is 5.32 Å². The van der Waals surface area contributed by atoms with Gasteiger partial charge in [0.2, 0.25) is 5.91 Å². The standard InChI is InChI=1S/C19H24N4O4/c20-19(26)23-5-3-12(4-6-23)16-14-11-13(1-2-15(14)21-17(16)24)18(25)22-7-9-27-10-8-22/h1-2,11-12,16H,3-10H2,(H2,20,26)(H,21,24)/t16-/m0/s1. The molecule has 3 aliphatic rings. The number of nitrogens with two attached hydrogens (primary N) is 1. The molecule has 0 radical (unpaired) electrons. The summed E-state index contributed by atoms with van der Waals surface area (Å²) in [6.07, 6.45) is 1.45. The molecule has 0 aromatic heterocycles. The Morgan fingerprint density at radius 3 is 2.44 bits per heavy atom. The largest absolute Gasteiger partial charge is 0.378 e. The molecule has 144 valence electrons. The van der Waals surface area contributed by atoms with Gasteiger partial charge in [0.1, 0.15) is 0 Å². The quantitative estimate of drug-likeness (QED) is 0.807. The van der Waals surface area contributed by atoms with Crippen LogP contribution in [0, 0.1) is 5.92 Å². The van der Waals surface area contributed by atoms with Gasteiger partial charge in [0.15, 0.2) is 0 Å². The van der Waals surface area contributed by atoms with Crippen molar-refractivity contribution in [1.29, 1.82) is 0 Å². The molecule has 0 spiro atoms. The first-order chi connectivity index (χ1) is 13.0. The van der Waals surface area contributed by atoms with Crippen LogP contribution in [0.2, 0.25) is 0 Å². The van der Waals surface area contributed by atoms with Crippen molar-refractivity contribution in [3.63, 3.8) is 0 Å². The lowest BCUT2D eigenvalue weighted by atomic mass is 9.80. The van der Waals surface area contributed by atoms with Crippen molar-refractivity contribution in [2.24, 2.45) is 11.7 Å². The maximum absolute atomic E-state index is 12.8. The molecule has 2 saturated heterocycles. The van der Waals surface area contributed by atoms with E-state index in [-0.39, 0.29) is 23.7 Å². The zero-order valence-electron chi connectivity index (χ0n) is 15.1. The molecule has 27 heavy (non-hydrogen) atoms. The van der Waals surface area contributed by atoms with Crippen LogP contribution in [0.4, 0.5) is 10.5 Å². The van der Waals surface area contributed by atoms with Gasteiger partial charge < -0.3 is 25.6 Å². The van der Waals surface area contributed by atoms with Crippen LogP contribution in [-0.4, -0.2) is 67.0 Å². The average Bonchev–Trinajstić information content (AvgIpc) is 3.03. The van der Waals surface area contributed by atoms with Crippen LogP contribution in [0.3, 0.4) is 0 Å². The van der Waals surface area contributed by atoms with Crippen molar-refractivity contribution in [3.05, 3.63) is 29.3 Å². The Morgan fingerprint density at radius 1 is 1.07 bits per heavy atom. The number of piperidine rings is 1. The minimum atomic E-state index is -0.414. The molecule has 0 bridgehead atoms. The predicted molar refractivity (Wildman–Crippen MR) is 98.4 cm³/mol. The van der Waals surface area contributed by atoms with E-state index in [0.717, 1.165) is 24.1 Å². The van der Waals surface area contributed by atoms with Crippen LogP contribution in [0.15, 0.2) is 18.2 Å². The van der Waals surface area contributed by atoms with Gasteiger partial charge in [-0.1, -0.05) is 0 Å². The number of nitrogens with one attached hydrogen (secondary N) is 1. The topological polar surface area (TPSA) is 105 Å². The number of likely N-dealkylation sites (tertiary alicyclic amines) is 1. The number of amides is 4. The molecule has 8 heteroatoms. The monoisotopic (exact) mass is 372 g/mol. The van der Waals surface area contributed by atoms with Crippen molar-refractivity contribution in [2.45, 2.75) is 18.8 Å². The van der Waals surface area contributed by atoms with Crippen LogP contribution >= 0.6 is 0 Å². The van der Waals surface area contributed by atoms with Crippen LogP contribution in [0.25, 0.3) is 0 Å². The summed E-state index contributed by atoms with van der Waals surface area (Å²) in [7, 11) is 0. The molecule has 3 heterocycles. The van der Waals surface area contributed by atoms with E-state index in [0.29, 0.717) is 45.0 Å².